The van der Waals surface area contributed by atoms with Crippen LogP contribution < -0.4 is 0 Å². The monoisotopic (exact) mass is 246 g/mol. The van der Waals surface area contributed by atoms with Gasteiger partial charge in [0.1, 0.15) is 0 Å². The molecule has 0 saturated heterocycles. The Hall–Kier alpha value is -1.57. The van der Waals surface area contributed by atoms with Gasteiger partial charge in [-0.2, -0.15) is 0 Å². The van der Waals surface area contributed by atoms with Crippen LogP contribution in [0.15, 0.2) is 30.8 Å². The molecule has 2 heteroatoms. The molecule has 0 fully saturated rings. The van der Waals surface area contributed by atoms with Crippen LogP contribution in [0, 0.1) is 0 Å². The lowest BCUT2D eigenvalue weighted by Crippen LogP contribution is -2.07. The maximum atomic E-state index is 10.9. The zero-order valence-electron chi connectivity index (χ0n) is 11.3. The van der Waals surface area contributed by atoms with Crippen molar-refractivity contribution in [3.63, 3.8) is 0 Å². The van der Waals surface area contributed by atoms with Crippen molar-refractivity contribution in [3.05, 3.63) is 42.0 Å². The van der Waals surface area contributed by atoms with Crippen LogP contribution in [0.3, 0.4) is 0 Å². The third kappa shape index (κ3) is 4.02. The number of carbonyl (C=O) groups is 1. The van der Waals surface area contributed by atoms with E-state index in [1.165, 1.54) is 19.3 Å². The fourth-order valence-electron chi connectivity index (χ4n) is 1.88. The van der Waals surface area contributed by atoms with Crippen molar-refractivity contribution in [1.29, 1.82) is 0 Å². The van der Waals surface area contributed by atoms with E-state index in [-0.39, 0.29) is 0 Å². The molecule has 0 aromatic heterocycles. The number of carboxylic acids is 1. The van der Waals surface area contributed by atoms with Crippen molar-refractivity contribution in [1.82, 2.24) is 0 Å². The standard InChI is InChI=1S/C16H22O2/c1-4-5-6-7-12(2)14-8-10-15(11-9-14)13(3)16(17)18/h8-11,13H,2,4-7H2,1,3H3,(H,17,18). The van der Waals surface area contributed by atoms with Crippen molar-refractivity contribution in [3.8, 4) is 0 Å². The number of allylic oxidation sites excluding steroid dienone is 1. The van der Waals surface area contributed by atoms with Gasteiger partial charge in [0, 0.05) is 0 Å². The second kappa shape index (κ2) is 7.00. The highest BCUT2D eigenvalue weighted by atomic mass is 16.4. The van der Waals surface area contributed by atoms with Crippen LogP contribution >= 0.6 is 0 Å². The van der Waals surface area contributed by atoms with E-state index in [1.807, 2.05) is 24.3 Å². The Morgan fingerprint density at radius 3 is 2.39 bits per heavy atom. The smallest absolute Gasteiger partial charge is 0.310 e. The fourth-order valence-corrected chi connectivity index (χ4v) is 1.88. The van der Waals surface area contributed by atoms with E-state index in [0.717, 1.165) is 23.1 Å². The summed E-state index contributed by atoms with van der Waals surface area (Å²) in [5.41, 5.74) is 3.10. The minimum atomic E-state index is -0.787. The number of rotatable bonds is 7. The summed E-state index contributed by atoms with van der Waals surface area (Å²) in [5.74, 6) is -1.24. The number of hydrogen-bond donors (Lipinski definition) is 1. The Labute approximate surface area is 109 Å². The number of hydrogen-bond acceptors (Lipinski definition) is 1. The maximum absolute atomic E-state index is 10.9. The van der Waals surface area contributed by atoms with Gasteiger partial charge in [-0.05, 0) is 36.5 Å². The minimum Gasteiger partial charge on any atom is -0.481 e. The molecule has 1 atom stereocenters. The summed E-state index contributed by atoms with van der Waals surface area (Å²) < 4.78 is 0. The average Bonchev–Trinajstić information content (AvgIpc) is 2.38. The molecule has 0 spiro atoms. The van der Waals surface area contributed by atoms with Gasteiger partial charge in [0.15, 0.2) is 0 Å². The Balaban J connectivity index is 2.65. The normalized spacial score (nSPS) is 12.1. The molecule has 0 aliphatic rings. The summed E-state index contributed by atoms with van der Waals surface area (Å²) in [6.07, 6.45) is 4.62. The molecule has 0 radical (unpaired) electrons. The van der Waals surface area contributed by atoms with E-state index in [0.29, 0.717) is 0 Å². The summed E-state index contributed by atoms with van der Waals surface area (Å²) in [5, 5.41) is 8.94. The molecule has 0 saturated carbocycles. The number of unbranched alkanes of at least 4 members (excludes halogenated alkanes) is 2. The molecule has 98 valence electrons. The Kier molecular flexibility index (Phi) is 5.63. The molecule has 1 aromatic carbocycles. The van der Waals surface area contributed by atoms with E-state index < -0.39 is 11.9 Å². The predicted molar refractivity (Wildman–Crippen MR) is 75.7 cm³/mol. The van der Waals surface area contributed by atoms with Gasteiger partial charge < -0.3 is 5.11 Å². The van der Waals surface area contributed by atoms with Gasteiger partial charge >= 0.3 is 5.97 Å². The molecule has 1 unspecified atom stereocenters. The summed E-state index contributed by atoms with van der Waals surface area (Å²) in [7, 11) is 0. The molecule has 2 nitrogen and oxygen atoms in total. The zero-order chi connectivity index (χ0) is 13.5. The quantitative estimate of drug-likeness (QED) is 0.721. The molecule has 18 heavy (non-hydrogen) atoms. The highest BCUT2D eigenvalue weighted by Crippen LogP contribution is 2.22. The molecular formula is C16H22O2. The lowest BCUT2D eigenvalue weighted by Gasteiger charge is -2.09. The second-order valence-corrected chi connectivity index (χ2v) is 4.74. The maximum Gasteiger partial charge on any atom is 0.310 e. The SMILES string of the molecule is C=C(CCCCC)c1ccc(C(C)C(=O)O)cc1. The largest absolute Gasteiger partial charge is 0.481 e. The van der Waals surface area contributed by atoms with Gasteiger partial charge in [-0.1, -0.05) is 50.6 Å². The lowest BCUT2D eigenvalue weighted by atomic mass is 9.96. The van der Waals surface area contributed by atoms with Gasteiger partial charge in [0.05, 0.1) is 5.92 Å². The zero-order valence-corrected chi connectivity index (χ0v) is 11.3. The van der Waals surface area contributed by atoms with Crippen LogP contribution in [0.4, 0.5) is 0 Å². The Morgan fingerprint density at radius 2 is 1.89 bits per heavy atom. The van der Waals surface area contributed by atoms with E-state index in [9.17, 15) is 4.79 Å². The molecule has 0 aliphatic carbocycles. The molecule has 1 aromatic rings. The molecule has 0 bridgehead atoms. The van der Waals surface area contributed by atoms with Crippen molar-refractivity contribution < 1.29 is 9.90 Å². The van der Waals surface area contributed by atoms with E-state index in [4.69, 9.17) is 5.11 Å². The number of carboxylic acid groups (broad SMARTS) is 1. The average molecular weight is 246 g/mol. The first-order valence-electron chi connectivity index (χ1n) is 6.57. The van der Waals surface area contributed by atoms with Crippen LogP contribution in [-0.2, 0) is 4.79 Å². The molecule has 0 amide bonds. The number of aliphatic carboxylic acids is 1. The van der Waals surface area contributed by atoms with E-state index in [1.54, 1.807) is 6.92 Å². The van der Waals surface area contributed by atoms with Crippen molar-refractivity contribution in [2.75, 3.05) is 0 Å². The highest BCUT2D eigenvalue weighted by molar-refractivity contribution is 5.76. The van der Waals surface area contributed by atoms with Crippen LogP contribution in [0.5, 0.6) is 0 Å². The fraction of sp³-hybridized carbons (Fsp3) is 0.438. The van der Waals surface area contributed by atoms with Crippen LogP contribution in [0.1, 0.15) is 56.6 Å². The molecule has 1 rings (SSSR count). The third-order valence-corrected chi connectivity index (χ3v) is 3.27. The van der Waals surface area contributed by atoms with Crippen LogP contribution in [0.2, 0.25) is 0 Å². The molecular weight excluding hydrogens is 224 g/mol. The summed E-state index contributed by atoms with van der Waals surface area (Å²) in [6.45, 7) is 7.98. The highest BCUT2D eigenvalue weighted by Gasteiger charge is 2.13. The van der Waals surface area contributed by atoms with Gasteiger partial charge in [0.25, 0.3) is 0 Å². The Bertz CT molecular complexity index is 404. The first-order valence-corrected chi connectivity index (χ1v) is 6.57. The number of benzene rings is 1. The van der Waals surface area contributed by atoms with Crippen molar-refractivity contribution in [2.45, 2.75) is 45.4 Å². The van der Waals surface area contributed by atoms with Gasteiger partial charge in [-0.15, -0.1) is 0 Å². The van der Waals surface area contributed by atoms with Gasteiger partial charge in [-0.3, -0.25) is 4.79 Å². The molecule has 1 N–H and O–H groups in total. The predicted octanol–water partition coefficient (Wildman–Crippen LogP) is 4.47. The first kappa shape index (κ1) is 14.5. The van der Waals surface area contributed by atoms with E-state index >= 15 is 0 Å². The summed E-state index contributed by atoms with van der Waals surface area (Å²) in [6, 6.07) is 7.73. The molecule has 0 aliphatic heterocycles. The summed E-state index contributed by atoms with van der Waals surface area (Å²) >= 11 is 0. The third-order valence-electron chi connectivity index (χ3n) is 3.27. The topological polar surface area (TPSA) is 37.3 Å². The van der Waals surface area contributed by atoms with Gasteiger partial charge in [-0.25, -0.2) is 0 Å². The van der Waals surface area contributed by atoms with Crippen molar-refractivity contribution in [2.24, 2.45) is 0 Å². The Morgan fingerprint density at radius 1 is 1.28 bits per heavy atom. The van der Waals surface area contributed by atoms with Crippen molar-refractivity contribution >= 4 is 11.5 Å². The second-order valence-electron chi connectivity index (χ2n) is 4.74. The van der Waals surface area contributed by atoms with E-state index in [2.05, 4.69) is 13.5 Å². The van der Waals surface area contributed by atoms with Crippen LogP contribution in [-0.4, -0.2) is 11.1 Å². The van der Waals surface area contributed by atoms with Crippen LogP contribution in [0.25, 0.3) is 5.57 Å². The summed E-state index contributed by atoms with van der Waals surface area (Å²) in [4.78, 5) is 10.9. The van der Waals surface area contributed by atoms with Gasteiger partial charge in [0.2, 0.25) is 0 Å². The minimum absolute atomic E-state index is 0.451. The lowest BCUT2D eigenvalue weighted by molar-refractivity contribution is -0.138. The first-order chi connectivity index (χ1) is 8.56. The molecule has 0 heterocycles.